The number of hydrogen-bond acceptors (Lipinski definition) is 2. The van der Waals surface area contributed by atoms with Gasteiger partial charge in [0.1, 0.15) is 4.99 Å². The van der Waals surface area contributed by atoms with Gasteiger partial charge in [-0.2, -0.15) is 0 Å². The van der Waals surface area contributed by atoms with Crippen LogP contribution >= 0.6 is 35.4 Å². The fraction of sp³-hybridized carbons (Fsp3) is 0.188. The summed E-state index contributed by atoms with van der Waals surface area (Å²) in [4.78, 5) is 2.40. The molecular weight excluding hydrogens is 323 g/mol. The first kappa shape index (κ1) is 16.1. The largest absolute Gasteiger partial charge is 0.389 e. The maximum Gasteiger partial charge on any atom is 0.107 e. The lowest BCUT2D eigenvalue weighted by Crippen LogP contribution is -2.25. The normalized spacial score (nSPS) is 12.0. The number of anilines is 1. The van der Waals surface area contributed by atoms with Gasteiger partial charge in [-0.15, -0.1) is 0 Å². The molecule has 1 atom stereocenters. The van der Waals surface area contributed by atoms with Gasteiger partial charge in [-0.3, -0.25) is 0 Å². The van der Waals surface area contributed by atoms with Crippen LogP contribution in [-0.2, 0) is 0 Å². The van der Waals surface area contributed by atoms with Gasteiger partial charge in [-0.1, -0.05) is 53.6 Å². The molecule has 2 N–H and O–H groups in total. The van der Waals surface area contributed by atoms with Gasteiger partial charge in [-0.05, 0) is 36.8 Å². The molecule has 2 rings (SSSR count). The molecule has 0 saturated carbocycles. The number of hydrogen-bond donors (Lipinski definition) is 1. The molecular formula is C16H16Cl2N2S. The van der Waals surface area contributed by atoms with E-state index in [0.29, 0.717) is 15.6 Å². The Morgan fingerprint density at radius 2 is 1.76 bits per heavy atom. The van der Waals surface area contributed by atoms with Crippen molar-refractivity contribution in [1.82, 2.24) is 0 Å². The summed E-state index contributed by atoms with van der Waals surface area (Å²) in [6, 6.07) is 13.6. The van der Waals surface area contributed by atoms with Gasteiger partial charge in [0.2, 0.25) is 0 Å². The third-order valence-electron chi connectivity index (χ3n) is 3.55. The number of halogens is 2. The van der Waals surface area contributed by atoms with Gasteiger partial charge in [0.05, 0.1) is 16.6 Å². The summed E-state index contributed by atoms with van der Waals surface area (Å²) in [5, 5.41) is 1.29. The summed E-state index contributed by atoms with van der Waals surface area (Å²) in [6.45, 7) is 2.10. The highest BCUT2D eigenvalue weighted by Crippen LogP contribution is 2.32. The van der Waals surface area contributed by atoms with Gasteiger partial charge < -0.3 is 10.6 Å². The molecule has 0 heterocycles. The lowest BCUT2D eigenvalue weighted by Gasteiger charge is -2.29. The molecule has 0 spiro atoms. The van der Waals surface area contributed by atoms with Gasteiger partial charge in [-0.25, -0.2) is 0 Å². The molecule has 0 saturated heterocycles. The minimum absolute atomic E-state index is 0.133. The Hall–Kier alpha value is -1.29. The van der Waals surface area contributed by atoms with Crippen molar-refractivity contribution in [3.05, 3.63) is 63.6 Å². The highest BCUT2D eigenvalue weighted by atomic mass is 35.5. The summed E-state index contributed by atoms with van der Waals surface area (Å²) in [5.74, 6) is 0. The Morgan fingerprint density at radius 1 is 1.14 bits per heavy atom. The number of rotatable bonds is 4. The zero-order valence-electron chi connectivity index (χ0n) is 11.8. The first-order valence-electron chi connectivity index (χ1n) is 6.48. The first-order chi connectivity index (χ1) is 9.91. The van der Waals surface area contributed by atoms with Gasteiger partial charge >= 0.3 is 0 Å². The Labute approximate surface area is 140 Å². The smallest absolute Gasteiger partial charge is 0.107 e. The van der Waals surface area contributed by atoms with Gasteiger partial charge in [0.15, 0.2) is 0 Å². The van der Waals surface area contributed by atoms with Crippen molar-refractivity contribution in [3.8, 4) is 0 Å². The average molecular weight is 339 g/mol. The molecule has 1 unspecified atom stereocenters. The molecule has 2 aromatic carbocycles. The number of nitrogens with two attached hydrogens (primary N) is 1. The lowest BCUT2D eigenvalue weighted by atomic mass is 10.0. The van der Waals surface area contributed by atoms with Crippen molar-refractivity contribution < 1.29 is 0 Å². The third kappa shape index (κ3) is 3.49. The molecule has 0 aromatic heterocycles. The molecule has 110 valence electrons. The van der Waals surface area contributed by atoms with Gasteiger partial charge in [0, 0.05) is 17.8 Å². The predicted molar refractivity (Wildman–Crippen MR) is 95.6 cm³/mol. The van der Waals surface area contributed by atoms with E-state index in [1.165, 1.54) is 0 Å². The molecule has 0 aliphatic rings. The molecule has 0 bridgehead atoms. The minimum Gasteiger partial charge on any atom is -0.389 e. The van der Waals surface area contributed by atoms with Crippen LogP contribution in [0.5, 0.6) is 0 Å². The Bertz CT molecular complexity index is 656. The summed E-state index contributed by atoms with van der Waals surface area (Å²) in [5.41, 5.74) is 8.58. The highest BCUT2D eigenvalue weighted by Gasteiger charge is 2.18. The topological polar surface area (TPSA) is 29.3 Å². The standard InChI is InChI=1S/C16H16Cl2N2S/c1-10(11-6-8-12(17)9-7-11)20(2)14-5-3-4-13(18)15(14)16(19)21/h3-10H,1-2H3,(H2,19,21). The maximum absolute atomic E-state index is 6.23. The summed E-state index contributed by atoms with van der Waals surface area (Å²) in [6.07, 6.45) is 0. The summed E-state index contributed by atoms with van der Waals surface area (Å²) in [7, 11) is 1.99. The molecule has 5 heteroatoms. The van der Waals surface area contributed by atoms with Crippen molar-refractivity contribution in [2.75, 3.05) is 11.9 Å². The average Bonchev–Trinajstić information content (AvgIpc) is 2.46. The van der Waals surface area contributed by atoms with Crippen LogP contribution in [0.25, 0.3) is 0 Å². The van der Waals surface area contributed by atoms with E-state index in [9.17, 15) is 0 Å². The fourth-order valence-electron chi connectivity index (χ4n) is 2.22. The van der Waals surface area contributed by atoms with E-state index in [1.54, 1.807) is 6.07 Å². The third-order valence-corrected chi connectivity index (χ3v) is 4.32. The Morgan fingerprint density at radius 3 is 2.33 bits per heavy atom. The Balaban J connectivity index is 2.40. The van der Waals surface area contributed by atoms with Crippen molar-refractivity contribution in [3.63, 3.8) is 0 Å². The molecule has 0 radical (unpaired) electrons. The van der Waals surface area contributed by atoms with Crippen molar-refractivity contribution in [2.45, 2.75) is 13.0 Å². The van der Waals surface area contributed by atoms with E-state index in [0.717, 1.165) is 16.3 Å². The SMILES string of the molecule is CC(c1ccc(Cl)cc1)N(C)c1cccc(Cl)c1C(N)=S. The van der Waals surface area contributed by atoms with Crippen LogP contribution in [0.3, 0.4) is 0 Å². The van der Waals surface area contributed by atoms with Crippen molar-refractivity contribution in [2.24, 2.45) is 5.73 Å². The molecule has 0 fully saturated rings. The fourth-order valence-corrected chi connectivity index (χ4v) is 2.89. The van der Waals surface area contributed by atoms with Crippen LogP contribution in [0.1, 0.15) is 24.1 Å². The summed E-state index contributed by atoms with van der Waals surface area (Å²) < 4.78 is 0. The van der Waals surface area contributed by atoms with E-state index in [2.05, 4.69) is 11.8 Å². The second-order valence-electron chi connectivity index (χ2n) is 4.84. The van der Waals surface area contributed by atoms with Crippen molar-refractivity contribution >= 4 is 46.1 Å². The van der Waals surface area contributed by atoms with E-state index in [1.807, 2.05) is 43.4 Å². The van der Waals surface area contributed by atoms with Crippen LogP contribution in [-0.4, -0.2) is 12.0 Å². The highest BCUT2D eigenvalue weighted by molar-refractivity contribution is 7.80. The second-order valence-corrected chi connectivity index (χ2v) is 6.12. The van der Waals surface area contributed by atoms with Gasteiger partial charge in [0.25, 0.3) is 0 Å². The van der Waals surface area contributed by atoms with Crippen LogP contribution in [0, 0.1) is 0 Å². The number of thiocarbonyl (C=S) groups is 1. The summed E-state index contributed by atoms with van der Waals surface area (Å²) >= 11 is 17.3. The molecule has 2 aromatic rings. The predicted octanol–water partition coefficient (Wildman–Crippen LogP) is 4.83. The first-order valence-corrected chi connectivity index (χ1v) is 7.65. The molecule has 0 aliphatic heterocycles. The van der Waals surface area contributed by atoms with Crippen molar-refractivity contribution in [1.29, 1.82) is 0 Å². The Kier molecular flexibility index (Phi) is 5.09. The molecule has 21 heavy (non-hydrogen) atoms. The lowest BCUT2D eigenvalue weighted by molar-refractivity contribution is 0.739. The van der Waals surface area contributed by atoms with E-state index < -0.39 is 0 Å². The van der Waals surface area contributed by atoms with E-state index in [-0.39, 0.29) is 6.04 Å². The minimum atomic E-state index is 0.133. The zero-order chi connectivity index (χ0) is 15.6. The number of benzene rings is 2. The second kappa shape index (κ2) is 6.65. The maximum atomic E-state index is 6.23. The monoisotopic (exact) mass is 338 g/mol. The van der Waals surface area contributed by atoms with E-state index >= 15 is 0 Å². The van der Waals surface area contributed by atoms with Crippen LogP contribution in [0.4, 0.5) is 5.69 Å². The zero-order valence-corrected chi connectivity index (χ0v) is 14.1. The van der Waals surface area contributed by atoms with Crippen LogP contribution in [0.15, 0.2) is 42.5 Å². The van der Waals surface area contributed by atoms with E-state index in [4.69, 9.17) is 41.2 Å². The molecule has 0 amide bonds. The molecule has 2 nitrogen and oxygen atoms in total. The number of nitrogens with zero attached hydrogens (tertiary/aromatic N) is 1. The van der Waals surface area contributed by atoms with Crippen LogP contribution < -0.4 is 10.6 Å². The molecule has 0 aliphatic carbocycles. The quantitative estimate of drug-likeness (QED) is 0.810. The van der Waals surface area contributed by atoms with Crippen LogP contribution in [0.2, 0.25) is 10.0 Å².